The Morgan fingerprint density at radius 1 is 0.943 bits per heavy atom. The monoisotopic (exact) mass is 493 g/mol. The largest absolute Gasteiger partial charge is 0.445 e. The molecule has 3 aromatic rings. The van der Waals surface area contributed by atoms with Gasteiger partial charge in [0, 0.05) is 30.9 Å². The van der Waals surface area contributed by atoms with Crippen LogP contribution in [0.2, 0.25) is 0 Å². The number of carbonyl (C=O) groups is 3. The van der Waals surface area contributed by atoms with E-state index in [2.05, 4.69) is 5.32 Å². The van der Waals surface area contributed by atoms with Gasteiger partial charge >= 0.3 is 6.09 Å². The van der Waals surface area contributed by atoms with Crippen LogP contribution in [-0.2, 0) is 16.1 Å². The average molecular weight is 494 g/mol. The van der Waals surface area contributed by atoms with Gasteiger partial charge in [-0.05, 0) is 35.4 Å². The lowest BCUT2D eigenvalue weighted by Crippen LogP contribution is -2.56. The van der Waals surface area contributed by atoms with Gasteiger partial charge in [0.2, 0.25) is 5.91 Å². The maximum absolute atomic E-state index is 13.3. The Morgan fingerprint density at radius 2 is 1.60 bits per heavy atom. The van der Waals surface area contributed by atoms with Crippen molar-refractivity contribution in [2.24, 2.45) is 5.92 Å². The minimum Gasteiger partial charge on any atom is -0.445 e. The molecule has 1 fully saturated rings. The first-order valence-electron chi connectivity index (χ1n) is 11.9. The zero-order valence-corrected chi connectivity index (χ0v) is 20.9. The molecule has 2 aromatic carbocycles. The van der Waals surface area contributed by atoms with Crippen molar-refractivity contribution in [2.75, 3.05) is 26.2 Å². The van der Waals surface area contributed by atoms with E-state index in [0.29, 0.717) is 37.5 Å². The Morgan fingerprint density at radius 3 is 2.29 bits per heavy atom. The summed E-state index contributed by atoms with van der Waals surface area (Å²) in [7, 11) is 0. The fraction of sp³-hybridized carbons (Fsp3) is 0.370. The number of hydrogen-bond acceptors (Lipinski definition) is 5. The maximum atomic E-state index is 13.3. The molecule has 0 saturated carbocycles. The second kappa shape index (κ2) is 11.4. The zero-order valence-electron chi connectivity index (χ0n) is 20.1. The first-order valence-corrected chi connectivity index (χ1v) is 12.8. The third-order valence-corrected chi connectivity index (χ3v) is 7.13. The van der Waals surface area contributed by atoms with Crippen molar-refractivity contribution in [1.29, 1.82) is 0 Å². The smallest absolute Gasteiger partial charge is 0.410 e. The van der Waals surface area contributed by atoms with E-state index in [9.17, 15) is 14.4 Å². The van der Waals surface area contributed by atoms with Gasteiger partial charge in [-0.25, -0.2) is 4.79 Å². The maximum Gasteiger partial charge on any atom is 0.410 e. The summed E-state index contributed by atoms with van der Waals surface area (Å²) in [5, 5.41) is 3.99. The molecule has 0 spiro atoms. The van der Waals surface area contributed by atoms with Crippen LogP contribution >= 0.6 is 11.3 Å². The van der Waals surface area contributed by atoms with Crippen molar-refractivity contribution in [3.8, 4) is 0 Å². The summed E-state index contributed by atoms with van der Waals surface area (Å²) >= 11 is 1.42. The van der Waals surface area contributed by atoms with Gasteiger partial charge in [-0.15, -0.1) is 11.3 Å². The molecule has 1 atom stereocenters. The van der Waals surface area contributed by atoms with Crippen LogP contribution in [-0.4, -0.2) is 59.9 Å². The van der Waals surface area contributed by atoms with Gasteiger partial charge in [0.1, 0.15) is 12.6 Å². The summed E-state index contributed by atoms with van der Waals surface area (Å²) in [5.41, 5.74) is 0.931. The molecule has 1 saturated heterocycles. The highest BCUT2D eigenvalue weighted by Gasteiger charge is 2.31. The van der Waals surface area contributed by atoms with Crippen LogP contribution in [0.25, 0.3) is 10.1 Å². The van der Waals surface area contributed by atoms with Gasteiger partial charge in [0.05, 0.1) is 4.88 Å². The summed E-state index contributed by atoms with van der Waals surface area (Å²) in [6.45, 7) is 5.91. The first kappa shape index (κ1) is 24.7. The molecule has 184 valence electrons. The molecule has 1 N–H and O–H groups in total. The van der Waals surface area contributed by atoms with E-state index >= 15 is 0 Å². The van der Waals surface area contributed by atoms with Crippen LogP contribution < -0.4 is 5.32 Å². The Labute approximate surface area is 209 Å². The van der Waals surface area contributed by atoms with Crippen LogP contribution in [0.1, 0.15) is 35.5 Å². The molecule has 1 aliphatic heterocycles. The lowest BCUT2D eigenvalue weighted by Gasteiger charge is -2.36. The minimum absolute atomic E-state index is 0.106. The lowest BCUT2D eigenvalue weighted by molar-refractivity contribution is -0.135. The standard InChI is InChI=1S/C27H31N3O4S/c1-19(2)16-22(28-25(31)24-17-21-10-6-7-11-23(21)35-24)26(32)29-12-14-30(15-13-29)27(33)34-18-20-8-4-3-5-9-20/h3-11,17,19,22H,12-16,18H2,1-2H3,(H,28,31)/t22-/m0/s1. The molecule has 3 amide bonds. The SMILES string of the molecule is CC(C)C[C@H](NC(=O)c1cc2ccccc2s1)C(=O)N1CCN(C(=O)OCc2ccccc2)CC1. The van der Waals surface area contributed by atoms with E-state index in [1.165, 1.54) is 11.3 Å². The van der Waals surface area contributed by atoms with Crippen molar-refractivity contribution in [3.05, 3.63) is 71.1 Å². The number of benzene rings is 2. The number of nitrogens with one attached hydrogen (secondary N) is 1. The van der Waals surface area contributed by atoms with E-state index in [0.717, 1.165) is 15.6 Å². The van der Waals surface area contributed by atoms with Gasteiger partial charge in [0.25, 0.3) is 5.91 Å². The predicted molar refractivity (Wildman–Crippen MR) is 137 cm³/mol. The van der Waals surface area contributed by atoms with Gasteiger partial charge < -0.3 is 19.9 Å². The van der Waals surface area contributed by atoms with Crippen molar-refractivity contribution < 1.29 is 19.1 Å². The summed E-state index contributed by atoms with van der Waals surface area (Å²) in [6.07, 6.45) is 0.173. The Bertz CT molecular complexity index is 1140. The topological polar surface area (TPSA) is 79.0 Å². The Balaban J connectivity index is 1.33. The molecular formula is C27H31N3O4S. The fourth-order valence-corrected chi connectivity index (χ4v) is 5.12. The van der Waals surface area contributed by atoms with Crippen LogP contribution in [0.5, 0.6) is 0 Å². The molecule has 7 nitrogen and oxygen atoms in total. The number of hydrogen-bond donors (Lipinski definition) is 1. The quantitative estimate of drug-likeness (QED) is 0.525. The molecule has 2 heterocycles. The number of amides is 3. The summed E-state index contributed by atoms with van der Waals surface area (Å²) in [5.74, 6) is -0.0975. The number of rotatable bonds is 7. The number of fused-ring (bicyclic) bond motifs is 1. The predicted octanol–water partition coefficient (Wildman–Crippen LogP) is 4.53. The highest BCUT2D eigenvalue weighted by molar-refractivity contribution is 7.20. The molecule has 0 radical (unpaired) electrons. The Kier molecular flexibility index (Phi) is 8.02. The van der Waals surface area contributed by atoms with Crippen LogP contribution in [0.3, 0.4) is 0 Å². The molecule has 1 aliphatic rings. The summed E-state index contributed by atoms with van der Waals surface area (Å²) < 4.78 is 6.46. The second-order valence-corrected chi connectivity index (χ2v) is 10.2. The molecule has 0 unspecified atom stereocenters. The number of carbonyl (C=O) groups excluding carboxylic acids is 3. The normalized spacial score (nSPS) is 14.7. The summed E-state index contributed by atoms with van der Waals surface area (Å²) in [4.78, 5) is 42.7. The van der Waals surface area contributed by atoms with E-state index in [4.69, 9.17) is 4.74 Å². The average Bonchev–Trinajstić information content (AvgIpc) is 3.31. The van der Waals surface area contributed by atoms with Gasteiger partial charge in [-0.2, -0.15) is 0 Å². The van der Waals surface area contributed by atoms with E-state index in [1.807, 2.05) is 74.5 Å². The number of nitrogens with zero attached hydrogens (tertiary/aromatic N) is 2. The van der Waals surface area contributed by atoms with Crippen LogP contribution in [0, 0.1) is 5.92 Å². The van der Waals surface area contributed by atoms with E-state index < -0.39 is 6.04 Å². The number of piperazine rings is 1. The van der Waals surface area contributed by atoms with Gasteiger partial charge in [0.15, 0.2) is 0 Å². The fourth-order valence-electron chi connectivity index (χ4n) is 4.16. The van der Waals surface area contributed by atoms with Crippen LogP contribution in [0.15, 0.2) is 60.7 Å². The molecular weight excluding hydrogens is 462 g/mol. The lowest BCUT2D eigenvalue weighted by atomic mass is 10.0. The third kappa shape index (κ3) is 6.39. The van der Waals surface area contributed by atoms with Crippen molar-refractivity contribution in [1.82, 2.24) is 15.1 Å². The summed E-state index contributed by atoms with van der Waals surface area (Å²) in [6, 6.07) is 18.7. The highest BCUT2D eigenvalue weighted by atomic mass is 32.1. The van der Waals surface area contributed by atoms with Gasteiger partial charge in [-0.1, -0.05) is 62.4 Å². The zero-order chi connectivity index (χ0) is 24.8. The molecule has 8 heteroatoms. The Hall–Kier alpha value is -3.39. The van der Waals surface area contributed by atoms with Crippen molar-refractivity contribution in [3.63, 3.8) is 0 Å². The molecule has 4 rings (SSSR count). The highest BCUT2D eigenvalue weighted by Crippen LogP contribution is 2.25. The molecule has 35 heavy (non-hydrogen) atoms. The van der Waals surface area contributed by atoms with Crippen LogP contribution in [0.4, 0.5) is 4.79 Å². The van der Waals surface area contributed by atoms with Gasteiger partial charge in [-0.3, -0.25) is 9.59 Å². The number of ether oxygens (including phenoxy) is 1. The molecule has 1 aromatic heterocycles. The number of thiophene rings is 1. The second-order valence-electron chi connectivity index (χ2n) is 9.16. The molecule has 0 bridgehead atoms. The van der Waals surface area contributed by atoms with Crippen molar-refractivity contribution >= 4 is 39.3 Å². The third-order valence-electron chi connectivity index (χ3n) is 6.01. The van der Waals surface area contributed by atoms with E-state index in [-0.39, 0.29) is 30.4 Å². The first-order chi connectivity index (χ1) is 16.9. The molecule has 0 aliphatic carbocycles. The van der Waals surface area contributed by atoms with E-state index in [1.54, 1.807) is 9.80 Å². The minimum atomic E-state index is -0.607. The van der Waals surface area contributed by atoms with Crippen molar-refractivity contribution in [2.45, 2.75) is 32.9 Å².